The predicted octanol–water partition coefficient (Wildman–Crippen LogP) is 2.61. The molecule has 0 radical (unpaired) electrons. The van der Waals surface area contributed by atoms with Crippen LogP contribution >= 0.6 is 0 Å². The minimum absolute atomic E-state index is 0.224. The van der Waals surface area contributed by atoms with Gasteiger partial charge in [-0.2, -0.15) is 0 Å². The molecule has 0 aromatic heterocycles. The Morgan fingerprint density at radius 1 is 1.33 bits per heavy atom. The lowest BCUT2D eigenvalue weighted by atomic mass is 9.94. The molecular weight excluding hydrogens is 266 g/mol. The molecule has 1 aromatic carbocycles. The Balaban J connectivity index is 2.21. The zero-order valence-electron chi connectivity index (χ0n) is 13.4. The van der Waals surface area contributed by atoms with Gasteiger partial charge in [0, 0.05) is 0 Å². The van der Waals surface area contributed by atoms with Crippen molar-refractivity contribution in [3.05, 3.63) is 29.3 Å². The molecule has 0 heterocycles. The van der Waals surface area contributed by atoms with E-state index in [1.165, 1.54) is 7.11 Å². The van der Waals surface area contributed by atoms with E-state index < -0.39 is 5.54 Å². The van der Waals surface area contributed by atoms with Crippen LogP contribution in [0.15, 0.2) is 18.2 Å². The lowest BCUT2D eigenvalue weighted by Crippen LogP contribution is -2.58. The van der Waals surface area contributed by atoms with Gasteiger partial charge in [-0.1, -0.05) is 25.1 Å². The lowest BCUT2D eigenvalue weighted by Gasteiger charge is -2.32. The molecule has 0 saturated heterocycles. The summed E-state index contributed by atoms with van der Waals surface area (Å²) in [6.45, 7) is 7.06. The number of methoxy groups -OCH3 is 1. The van der Waals surface area contributed by atoms with Gasteiger partial charge >= 0.3 is 5.97 Å². The summed E-state index contributed by atoms with van der Waals surface area (Å²) < 4.78 is 11.1. The van der Waals surface area contributed by atoms with Crippen LogP contribution in [-0.2, 0) is 9.53 Å². The van der Waals surface area contributed by atoms with Crippen molar-refractivity contribution in [3.63, 3.8) is 0 Å². The topological polar surface area (TPSA) is 47.6 Å². The Kier molecular flexibility index (Phi) is 4.88. The number of hydrogen-bond acceptors (Lipinski definition) is 4. The summed E-state index contributed by atoms with van der Waals surface area (Å²) in [5, 5.41) is 3.32. The molecule has 116 valence electrons. The first-order chi connectivity index (χ1) is 10.0. The van der Waals surface area contributed by atoms with Gasteiger partial charge < -0.3 is 9.47 Å². The van der Waals surface area contributed by atoms with Crippen molar-refractivity contribution >= 4 is 5.97 Å². The van der Waals surface area contributed by atoms with Crippen LogP contribution in [0.25, 0.3) is 0 Å². The van der Waals surface area contributed by atoms with Gasteiger partial charge in [0.1, 0.15) is 12.4 Å². The summed E-state index contributed by atoms with van der Waals surface area (Å²) in [6.07, 6.45) is 2.08. The van der Waals surface area contributed by atoms with Gasteiger partial charge in [-0.3, -0.25) is 5.32 Å². The molecule has 2 rings (SSSR count). The highest BCUT2D eigenvalue weighted by atomic mass is 16.5. The van der Waals surface area contributed by atoms with E-state index in [0.717, 1.165) is 29.7 Å². The number of carbonyl (C=O) groups is 1. The van der Waals surface area contributed by atoms with Crippen molar-refractivity contribution in [2.75, 3.05) is 20.3 Å². The van der Waals surface area contributed by atoms with Crippen molar-refractivity contribution in [2.24, 2.45) is 5.92 Å². The number of rotatable bonds is 7. The van der Waals surface area contributed by atoms with Crippen molar-refractivity contribution in [1.82, 2.24) is 5.32 Å². The van der Waals surface area contributed by atoms with E-state index in [0.29, 0.717) is 19.1 Å². The zero-order valence-corrected chi connectivity index (χ0v) is 13.4. The number of para-hydroxylation sites is 1. The smallest absolute Gasteiger partial charge is 0.329 e. The maximum absolute atomic E-state index is 12.3. The fourth-order valence-corrected chi connectivity index (χ4v) is 2.90. The Labute approximate surface area is 126 Å². The molecule has 0 amide bonds. The number of hydrogen-bond donors (Lipinski definition) is 1. The highest BCUT2D eigenvalue weighted by Gasteiger charge is 2.52. The molecule has 1 unspecified atom stereocenters. The normalized spacial score (nSPS) is 17.1. The largest absolute Gasteiger partial charge is 0.490 e. The maximum atomic E-state index is 12.3. The molecule has 4 heteroatoms. The average molecular weight is 291 g/mol. The van der Waals surface area contributed by atoms with Gasteiger partial charge in [-0.15, -0.1) is 0 Å². The molecule has 1 atom stereocenters. The molecule has 0 spiro atoms. The second-order valence-electron chi connectivity index (χ2n) is 5.78. The van der Waals surface area contributed by atoms with Crippen LogP contribution < -0.4 is 10.1 Å². The molecule has 0 aliphatic heterocycles. The van der Waals surface area contributed by atoms with Crippen LogP contribution in [0.3, 0.4) is 0 Å². The van der Waals surface area contributed by atoms with E-state index in [1.54, 1.807) is 0 Å². The molecule has 1 fully saturated rings. The summed E-state index contributed by atoms with van der Waals surface area (Å²) in [5.74, 6) is 0.941. The van der Waals surface area contributed by atoms with Gasteiger partial charge in [-0.05, 0) is 50.3 Å². The Morgan fingerprint density at radius 3 is 2.43 bits per heavy atom. The van der Waals surface area contributed by atoms with E-state index in [2.05, 4.69) is 5.32 Å². The van der Waals surface area contributed by atoms with Crippen molar-refractivity contribution in [3.8, 4) is 5.75 Å². The summed E-state index contributed by atoms with van der Waals surface area (Å²) in [5.41, 5.74) is 1.44. The van der Waals surface area contributed by atoms with E-state index in [1.807, 2.05) is 39.0 Å². The van der Waals surface area contributed by atoms with Crippen LogP contribution in [0, 0.1) is 19.8 Å². The van der Waals surface area contributed by atoms with Crippen molar-refractivity contribution < 1.29 is 14.3 Å². The average Bonchev–Trinajstić information content (AvgIpc) is 3.29. The molecule has 4 nitrogen and oxygen atoms in total. The third kappa shape index (κ3) is 3.21. The molecule has 21 heavy (non-hydrogen) atoms. The van der Waals surface area contributed by atoms with Crippen molar-refractivity contribution in [1.29, 1.82) is 0 Å². The summed E-state index contributed by atoms with van der Waals surface area (Å²) in [6, 6.07) is 6.05. The second-order valence-corrected chi connectivity index (χ2v) is 5.78. The monoisotopic (exact) mass is 291 g/mol. The van der Waals surface area contributed by atoms with Crippen LogP contribution in [0.4, 0.5) is 0 Å². The second kappa shape index (κ2) is 6.48. The van der Waals surface area contributed by atoms with E-state index in [4.69, 9.17) is 9.47 Å². The number of aryl methyl sites for hydroxylation is 2. The molecule has 1 saturated carbocycles. The molecule has 1 N–H and O–H groups in total. The molecular formula is C17H25NO3. The highest BCUT2D eigenvalue weighted by molar-refractivity contribution is 5.82. The first-order valence-electron chi connectivity index (χ1n) is 7.57. The number of ether oxygens (including phenoxy) is 2. The Morgan fingerprint density at radius 2 is 1.95 bits per heavy atom. The molecule has 1 aromatic rings. The SMILES string of the molecule is CCNC(COc1c(C)cccc1C)(C(=O)OC)C1CC1. The minimum Gasteiger partial charge on any atom is -0.490 e. The Bertz CT molecular complexity index is 491. The number of carbonyl (C=O) groups excluding carboxylic acids is 1. The quantitative estimate of drug-likeness (QED) is 0.785. The van der Waals surface area contributed by atoms with E-state index in [9.17, 15) is 4.79 Å². The van der Waals surface area contributed by atoms with Gasteiger partial charge in [0.15, 0.2) is 5.54 Å². The zero-order chi connectivity index (χ0) is 15.5. The molecule has 0 bridgehead atoms. The van der Waals surface area contributed by atoms with E-state index >= 15 is 0 Å². The Hall–Kier alpha value is -1.55. The summed E-state index contributed by atoms with van der Waals surface area (Å²) >= 11 is 0. The van der Waals surface area contributed by atoms with Crippen LogP contribution in [0.5, 0.6) is 5.75 Å². The third-order valence-electron chi connectivity index (χ3n) is 4.17. The lowest BCUT2D eigenvalue weighted by molar-refractivity contribution is -0.151. The first kappa shape index (κ1) is 15.8. The molecule has 1 aliphatic carbocycles. The summed E-state index contributed by atoms with van der Waals surface area (Å²) in [7, 11) is 1.44. The third-order valence-corrected chi connectivity index (χ3v) is 4.17. The summed E-state index contributed by atoms with van der Waals surface area (Å²) in [4.78, 5) is 12.3. The minimum atomic E-state index is -0.724. The number of nitrogens with one attached hydrogen (secondary N) is 1. The van der Waals surface area contributed by atoms with Crippen LogP contribution in [0.1, 0.15) is 30.9 Å². The number of benzene rings is 1. The highest BCUT2D eigenvalue weighted by Crippen LogP contribution is 2.41. The number of esters is 1. The predicted molar refractivity (Wildman–Crippen MR) is 82.6 cm³/mol. The standard InChI is InChI=1S/C17H25NO3/c1-5-18-17(14-9-10-14,16(19)20-4)11-21-15-12(2)7-6-8-13(15)3/h6-8,14,18H,5,9-11H2,1-4H3. The van der Waals surface area contributed by atoms with E-state index in [-0.39, 0.29) is 5.97 Å². The van der Waals surface area contributed by atoms with Gasteiger partial charge in [0.05, 0.1) is 7.11 Å². The fraction of sp³-hybridized carbons (Fsp3) is 0.588. The van der Waals surface area contributed by atoms with Crippen LogP contribution in [-0.4, -0.2) is 31.8 Å². The van der Waals surface area contributed by atoms with Crippen LogP contribution in [0.2, 0.25) is 0 Å². The van der Waals surface area contributed by atoms with Gasteiger partial charge in [0.2, 0.25) is 0 Å². The fourth-order valence-electron chi connectivity index (χ4n) is 2.90. The van der Waals surface area contributed by atoms with Gasteiger partial charge in [0.25, 0.3) is 0 Å². The van der Waals surface area contributed by atoms with Gasteiger partial charge in [-0.25, -0.2) is 4.79 Å². The number of likely N-dealkylation sites (N-methyl/N-ethyl adjacent to an activating group) is 1. The maximum Gasteiger partial charge on any atom is 0.329 e. The first-order valence-corrected chi connectivity index (χ1v) is 7.57. The van der Waals surface area contributed by atoms with Crippen molar-refractivity contribution in [2.45, 2.75) is 39.2 Å². The molecule has 1 aliphatic rings.